The third-order valence-corrected chi connectivity index (χ3v) is 2.77. The molecule has 1 heterocycles. The molecule has 0 aliphatic rings. The van der Waals surface area contributed by atoms with E-state index in [0.29, 0.717) is 11.8 Å². The lowest BCUT2D eigenvalue weighted by Gasteiger charge is -2.19. The van der Waals surface area contributed by atoms with Crippen LogP contribution in [0.1, 0.15) is 33.0 Å². The minimum absolute atomic E-state index is 0.579. The second-order valence-electron chi connectivity index (χ2n) is 4.61. The number of hydrogen-bond acceptors (Lipinski definition) is 4. The Balaban J connectivity index is 2.44. The Kier molecular flexibility index (Phi) is 5.38. The van der Waals surface area contributed by atoms with Crippen molar-refractivity contribution in [3.8, 4) is 0 Å². The molecule has 1 atom stereocenters. The van der Waals surface area contributed by atoms with Crippen molar-refractivity contribution in [3.05, 3.63) is 5.82 Å². The van der Waals surface area contributed by atoms with Crippen LogP contribution in [0.2, 0.25) is 0 Å². The van der Waals surface area contributed by atoms with E-state index in [1.165, 1.54) is 11.2 Å². The molecule has 1 N–H and O–H groups in total. The highest BCUT2D eigenvalue weighted by atomic mass is 15.6. The molecule has 1 aromatic rings. The van der Waals surface area contributed by atoms with Gasteiger partial charge < -0.3 is 5.32 Å². The van der Waals surface area contributed by atoms with Gasteiger partial charge in [0.05, 0.1) is 7.05 Å². The summed E-state index contributed by atoms with van der Waals surface area (Å²) in [6.07, 6.45) is 2.08. The highest BCUT2D eigenvalue weighted by Crippen LogP contribution is 2.13. The Labute approximate surface area is 97.6 Å². The van der Waals surface area contributed by atoms with Crippen molar-refractivity contribution in [2.45, 2.75) is 33.6 Å². The maximum absolute atomic E-state index is 4.23. The smallest absolute Gasteiger partial charge is 0.175 e. The molecule has 0 saturated carbocycles. The first-order chi connectivity index (χ1) is 7.63. The molecule has 1 rings (SSSR count). The van der Waals surface area contributed by atoms with Crippen LogP contribution < -0.4 is 5.32 Å². The van der Waals surface area contributed by atoms with E-state index in [9.17, 15) is 0 Å². The zero-order chi connectivity index (χ0) is 12.0. The van der Waals surface area contributed by atoms with Crippen LogP contribution in [-0.4, -0.2) is 33.3 Å². The molecule has 0 fully saturated rings. The Morgan fingerprint density at radius 2 is 2.12 bits per heavy atom. The average Bonchev–Trinajstić information content (AvgIpc) is 2.63. The summed E-state index contributed by atoms with van der Waals surface area (Å²) in [5.41, 5.74) is 0. The van der Waals surface area contributed by atoms with Crippen molar-refractivity contribution >= 4 is 0 Å². The Hall–Kier alpha value is -0.970. The summed E-state index contributed by atoms with van der Waals surface area (Å²) in [6.45, 7) is 8.78. The van der Waals surface area contributed by atoms with Crippen LogP contribution in [0.25, 0.3) is 0 Å². The van der Waals surface area contributed by atoms with Crippen LogP contribution in [0.3, 0.4) is 0 Å². The second-order valence-corrected chi connectivity index (χ2v) is 4.61. The fourth-order valence-electron chi connectivity index (χ4n) is 1.65. The van der Waals surface area contributed by atoms with E-state index in [4.69, 9.17) is 0 Å². The van der Waals surface area contributed by atoms with Crippen molar-refractivity contribution < 1.29 is 0 Å². The Morgan fingerprint density at radius 3 is 2.62 bits per heavy atom. The normalized spacial score (nSPS) is 13.3. The topological polar surface area (TPSA) is 55.6 Å². The molecule has 0 aliphatic heterocycles. The van der Waals surface area contributed by atoms with Crippen molar-refractivity contribution in [2.24, 2.45) is 18.9 Å². The number of hydrogen-bond donors (Lipinski definition) is 1. The van der Waals surface area contributed by atoms with Gasteiger partial charge in [0, 0.05) is 6.42 Å². The molecular weight excluding hydrogens is 202 g/mol. The van der Waals surface area contributed by atoms with Gasteiger partial charge in [-0.2, -0.15) is 4.80 Å². The monoisotopic (exact) mass is 225 g/mol. The maximum Gasteiger partial charge on any atom is 0.175 e. The van der Waals surface area contributed by atoms with Gasteiger partial charge in [0.15, 0.2) is 5.82 Å². The molecule has 0 spiro atoms. The van der Waals surface area contributed by atoms with Gasteiger partial charge in [-0.05, 0) is 36.6 Å². The fraction of sp³-hybridized carbons (Fsp3) is 0.909. The molecule has 0 saturated heterocycles. The van der Waals surface area contributed by atoms with Gasteiger partial charge in [-0.25, -0.2) is 0 Å². The van der Waals surface area contributed by atoms with Crippen LogP contribution in [0.4, 0.5) is 0 Å². The second kappa shape index (κ2) is 6.58. The summed E-state index contributed by atoms with van der Waals surface area (Å²) in [6, 6.07) is 0. The van der Waals surface area contributed by atoms with E-state index in [2.05, 4.69) is 41.5 Å². The molecule has 0 aliphatic carbocycles. The van der Waals surface area contributed by atoms with E-state index in [0.717, 1.165) is 25.3 Å². The zero-order valence-corrected chi connectivity index (χ0v) is 10.8. The lowest BCUT2D eigenvalue weighted by atomic mass is 9.92. The average molecular weight is 225 g/mol. The van der Waals surface area contributed by atoms with Crippen LogP contribution in [0, 0.1) is 11.8 Å². The van der Waals surface area contributed by atoms with Gasteiger partial charge in [-0.3, -0.25) is 0 Å². The Morgan fingerprint density at radius 1 is 1.38 bits per heavy atom. The van der Waals surface area contributed by atoms with Gasteiger partial charge in [-0.1, -0.05) is 20.8 Å². The highest BCUT2D eigenvalue weighted by molar-refractivity contribution is 4.83. The third-order valence-electron chi connectivity index (χ3n) is 2.77. The van der Waals surface area contributed by atoms with Gasteiger partial charge in [0.1, 0.15) is 0 Å². The van der Waals surface area contributed by atoms with E-state index >= 15 is 0 Å². The Bertz CT molecular complexity index is 294. The summed E-state index contributed by atoms with van der Waals surface area (Å²) < 4.78 is 0. The quantitative estimate of drug-likeness (QED) is 0.704. The van der Waals surface area contributed by atoms with Crippen LogP contribution in [0.15, 0.2) is 0 Å². The van der Waals surface area contributed by atoms with Crippen LogP contribution >= 0.6 is 0 Å². The SMILES string of the molecule is CCCNCC(Cc1nnn(C)n1)C(C)C. The van der Waals surface area contributed by atoms with Gasteiger partial charge >= 0.3 is 0 Å². The van der Waals surface area contributed by atoms with Gasteiger partial charge in [0.2, 0.25) is 0 Å². The first-order valence-corrected chi connectivity index (χ1v) is 6.07. The number of rotatable bonds is 7. The number of nitrogens with zero attached hydrogens (tertiary/aromatic N) is 4. The highest BCUT2D eigenvalue weighted by Gasteiger charge is 2.16. The first kappa shape index (κ1) is 13.1. The third kappa shape index (κ3) is 4.26. The molecule has 1 aromatic heterocycles. The summed E-state index contributed by atoms with van der Waals surface area (Å²) in [5, 5.41) is 15.6. The number of aryl methyl sites for hydroxylation is 1. The van der Waals surface area contributed by atoms with Crippen LogP contribution in [0.5, 0.6) is 0 Å². The largest absolute Gasteiger partial charge is 0.316 e. The minimum atomic E-state index is 0.579. The van der Waals surface area contributed by atoms with Crippen molar-refractivity contribution in [2.75, 3.05) is 13.1 Å². The van der Waals surface area contributed by atoms with Crippen molar-refractivity contribution in [1.82, 2.24) is 25.5 Å². The minimum Gasteiger partial charge on any atom is -0.316 e. The fourth-order valence-corrected chi connectivity index (χ4v) is 1.65. The van der Waals surface area contributed by atoms with Crippen molar-refractivity contribution in [3.63, 3.8) is 0 Å². The van der Waals surface area contributed by atoms with Crippen LogP contribution in [-0.2, 0) is 13.5 Å². The molecule has 5 heteroatoms. The summed E-state index contributed by atoms with van der Waals surface area (Å²) >= 11 is 0. The number of nitrogens with one attached hydrogen (secondary N) is 1. The maximum atomic E-state index is 4.23. The summed E-state index contributed by atoms with van der Waals surface area (Å²) in [7, 11) is 1.80. The molecule has 0 radical (unpaired) electrons. The molecule has 92 valence electrons. The van der Waals surface area contributed by atoms with E-state index in [-0.39, 0.29) is 0 Å². The van der Waals surface area contributed by atoms with Crippen molar-refractivity contribution in [1.29, 1.82) is 0 Å². The lowest BCUT2D eigenvalue weighted by molar-refractivity contribution is 0.354. The summed E-state index contributed by atoms with van der Waals surface area (Å²) in [4.78, 5) is 1.52. The lowest BCUT2D eigenvalue weighted by Crippen LogP contribution is -2.28. The zero-order valence-electron chi connectivity index (χ0n) is 10.8. The number of tetrazole rings is 1. The van der Waals surface area contributed by atoms with E-state index in [1.54, 1.807) is 7.05 Å². The van der Waals surface area contributed by atoms with E-state index in [1.807, 2.05) is 0 Å². The summed E-state index contributed by atoms with van der Waals surface area (Å²) in [5.74, 6) is 2.06. The standard InChI is InChI=1S/C11H23N5/c1-5-6-12-8-10(9(2)3)7-11-13-15-16(4)14-11/h9-10,12H,5-8H2,1-4H3. The molecule has 16 heavy (non-hydrogen) atoms. The molecule has 1 unspecified atom stereocenters. The predicted molar refractivity (Wildman–Crippen MR) is 64.0 cm³/mol. The first-order valence-electron chi connectivity index (χ1n) is 6.07. The number of aromatic nitrogens is 4. The predicted octanol–water partition coefficient (Wildman–Crippen LogP) is 1.02. The molecule has 0 amide bonds. The van der Waals surface area contributed by atoms with E-state index < -0.39 is 0 Å². The molecule has 5 nitrogen and oxygen atoms in total. The van der Waals surface area contributed by atoms with Gasteiger partial charge in [0.25, 0.3) is 0 Å². The molecule has 0 aromatic carbocycles. The molecular formula is C11H23N5. The molecule has 0 bridgehead atoms. The van der Waals surface area contributed by atoms with Gasteiger partial charge in [-0.15, -0.1) is 10.2 Å².